The second-order valence-electron chi connectivity index (χ2n) is 6.58. The zero-order valence-electron chi connectivity index (χ0n) is 15.1. The fraction of sp³-hybridized carbons (Fsp3) is 0.235. The minimum Gasteiger partial charge on any atom is -0.493 e. The Kier molecular flexibility index (Phi) is 4.00. The lowest BCUT2D eigenvalue weighted by molar-refractivity contribution is 0.454. The van der Waals surface area contributed by atoms with Gasteiger partial charge >= 0.3 is 5.69 Å². The predicted octanol–water partition coefficient (Wildman–Crippen LogP) is -1.14. The summed E-state index contributed by atoms with van der Waals surface area (Å²) in [6.07, 6.45) is 10.1. The molecule has 0 radical (unpaired) electrons. The van der Waals surface area contributed by atoms with E-state index in [9.17, 15) is 9.90 Å². The van der Waals surface area contributed by atoms with Gasteiger partial charge in [0, 0.05) is 17.6 Å². The summed E-state index contributed by atoms with van der Waals surface area (Å²) in [6, 6.07) is 0.239. The molecule has 0 saturated heterocycles. The number of imidazole rings is 1. The maximum absolute atomic E-state index is 11.4. The zero-order valence-corrected chi connectivity index (χ0v) is 15.1. The van der Waals surface area contributed by atoms with Gasteiger partial charge in [0.1, 0.15) is 5.69 Å². The summed E-state index contributed by atoms with van der Waals surface area (Å²) in [6.45, 7) is 0.395. The summed E-state index contributed by atoms with van der Waals surface area (Å²) in [5.74, 6) is 0.108. The highest BCUT2D eigenvalue weighted by Gasteiger charge is 2.21. The summed E-state index contributed by atoms with van der Waals surface area (Å²) in [5.41, 5.74) is 1.40. The Morgan fingerprint density at radius 3 is 2.90 bits per heavy atom. The number of aromatic nitrogens is 8. The molecule has 4 heterocycles. The van der Waals surface area contributed by atoms with Crippen LogP contribution in [0.4, 0.5) is 5.95 Å². The van der Waals surface area contributed by atoms with Gasteiger partial charge in [0.15, 0.2) is 5.65 Å². The molecule has 1 fully saturated rings. The number of nitrogens with zero attached hydrogens (tertiary/aromatic N) is 7. The largest absolute Gasteiger partial charge is 0.493 e. The van der Waals surface area contributed by atoms with Gasteiger partial charge in [-0.3, -0.25) is 15.0 Å². The Hall–Kier alpha value is -4.09. The van der Waals surface area contributed by atoms with Gasteiger partial charge in [0.05, 0.1) is 30.7 Å². The second kappa shape index (κ2) is 6.82. The molecule has 12 heteroatoms. The van der Waals surface area contributed by atoms with E-state index < -0.39 is 5.69 Å². The van der Waals surface area contributed by atoms with Crippen LogP contribution in [0.15, 0.2) is 34.6 Å². The van der Waals surface area contributed by atoms with Crippen LogP contribution >= 0.6 is 0 Å². The Bertz CT molecular complexity index is 1350. The first-order chi connectivity index (χ1) is 14.2. The first-order valence-corrected chi connectivity index (χ1v) is 8.97. The molecular formula is C17H16N10O2. The maximum atomic E-state index is 11.4. The number of H-pyrrole nitrogens is 2. The van der Waals surface area contributed by atoms with Crippen molar-refractivity contribution in [3.8, 4) is 5.88 Å². The first-order valence-electron chi connectivity index (χ1n) is 8.97. The molecule has 0 aromatic carbocycles. The minimum absolute atomic E-state index is 0.235. The van der Waals surface area contributed by atoms with E-state index >= 15 is 0 Å². The van der Waals surface area contributed by atoms with Crippen molar-refractivity contribution in [2.24, 2.45) is 4.99 Å². The van der Waals surface area contributed by atoms with Crippen molar-refractivity contribution < 1.29 is 5.11 Å². The van der Waals surface area contributed by atoms with Gasteiger partial charge in [-0.25, -0.2) is 9.79 Å². The van der Waals surface area contributed by atoms with Crippen molar-refractivity contribution in [1.82, 2.24) is 39.5 Å². The summed E-state index contributed by atoms with van der Waals surface area (Å²) >= 11 is 0. The Labute approximate surface area is 162 Å². The van der Waals surface area contributed by atoms with Gasteiger partial charge in [-0.1, -0.05) is 0 Å². The van der Waals surface area contributed by atoms with Crippen molar-refractivity contribution in [1.29, 1.82) is 0 Å². The third-order valence-corrected chi connectivity index (χ3v) is 4.30. The summed E-state index contributed by atoms with van der Waals surface area (Å²) in [7, 11) is 0. The Morgan fingerprint density at radius 1 is 1.28 bits per heavy atom. The molecule has 0 aliphatic heterocycles. The Morgan fingerprint density at radius 2 is 2.17 bits per heavy atom. The first kappa shape index (κ1) is 17.0. The fourth-order valence-electron chi connectivity index (χ4n) is 2.75. The van der Waals surface area contributed by atoms with Crippen LogP contribution in [0, 0.1) is 0 Å². The lowest BCUT2D eigenvalue weighted by Crippen LogP contribution is -2.24. The number of aromatic amines is 2. The summed E-state index contributed by atoms with van der Waals surface area (Å²) in [5, 5.41) is 17.9. The van der Waals surface area contributed by atoms with E-state index in [1.54, 1.807) is 35.4 Å². The quantitative estimate of drug-likeness (QED) is 0.331. The molecule has 146 valence electrons. The molecule has 4 aromatic rings. The normalized spacial score (nSPS) is 15.3. The molecule has 0 unspecified atom stereocenters. The van der Waals surface area contributed by atoms with E-state index in [2.05, 4.69) is 45.3 Å². The molecule has 1 aliphatic carbocycles. The van der Waals surface area contributed by atoms with Crippen molar-refractivity contribution >= 4 is 17.7 Å². The summed E-state index contributed by atoms with van der Waals surface area (Å²) < 4.78 is 1.54. The second-order valence-corrected chi connectivity index (χ2v) is 6.58. The zero-order chi connectivity index (χ0) is 19.8. The predicted molar refractivity (Wildman–Crippen MR) is 101 cm³/mol. The Balaban J connectivity index is 1.61. The van der Waals surface area contributed by atoms with E-state index in [-0.39, 0.29) is 17.6 Å². The van der Waals surface area contributed by atoms with Crippen LogP contribution in [-0.4, -0.2) is 50.7 Å². The number of hydrogen-bond donors (Lipinski definition) is 4. The van der Waals surface area contributed by atoms with E-state index in [4.69, 9.17) is 0 Å². The number of aromatic hydroxyl groups is 1. The molecule has 4 N–H and O–H groups in total. The number of anilines is 1. The van der Waals surface area contributed by atoms with Gasteiger partial charge < -0.3 is 15.4 Å². The highest BCUT2D eigenvalue weighted by Crippen LogP contribution is 2.22. The average Bonchev–Trinajstić information content (AvgIpc) is 3.36. The fourth-order valence-corrected chi connectivity index (χ4v) is 2.75. The molecule has 1 saturated carbocycles. The van der Waals surface area contributed by atoms with Crippen LogP contribution in [0.2, 0.25) is 0 Å². The van der Waals surface area contributed by atoms with Crippen LogP contribution in [-0.2, 0) is 6.54 Å². The molecule has 4 aromatic heterocycles. The standard InChI is InChI=1S/C17H16N10O2/c28-14-12(23-17(29)25-14)5-9-6-21-27-13(9)24-15(26-16(27)22-10-1-2-10)20-8-11-7-18-3-4-19-11/h3-7,10,28H,1-2,8H2,(H,20,22,26)(H2,23,25,29)/b9-5-. The number of hydrogen-bond acceptors (Lipinski definition) is 9. The van der Waals surface area contributed by atoms with Gasteiger partial charge in [-0.15, -0.1) is 0 Å². The van der Waals surface area contributed by atoms with E-state index in [1.165, 1.54) is 0 Å². The lowest BCUT2D eigenvalue weighted by atomic mass is 10.3. The highest BCUT2D eigenvalue weighted by molar-refractivity contribution is 5.57. The van der Waals surface area contributed by atoms with Crippen molar-refractivity contribution in [2.75, 3.05) is 5.32 Å². The van der Waals surface area contributed by atoms with Crippen LogP contribution in [0.3, 0.4) is 0 Å². The van der Waals surface area contributed by atoms with Crippen LogP contribution in [0.5, 0.6) is 5.88 Å². The van der Waals surface area contributed by atoms with E-state index in [1.807, 2.05) is 0 Å². The molecule has 5 rings (SSSR count). The maximum Gasteiger partial charge on any atom is 0.326 e. The minimum atomic E-state index is -0.504. The smallest absolute Gasteiger partial charge is 0.326 e. The molecule has 0 bridgehead atoms. The molecular weight excluding hydrogens is 376 g/mol. The SMILES string of the molecule is O=c1[nH]c(O)c(/C=c2/cnn3c(=NC4CC4)nc(NCc4cnccn4)nc23)[nH]1. The van der Waals surface area contributed by atoms with Gasteiger partial charge in [-0.05, 0) is 18.9 Å². The van der Waals surface area contributed by atoms with Crippen LogP contribution < -0.4 is 21.8 Å². The third kappa shape index (κ3) is 3.54. The molecule has 12 nitrogen and oxygen atoms in total. The van der Waals surface area contributed by atoms with Crippen LogP contribution in [0.25, 0.3) is 11.7 Å². The highest BCUT2D eigenvalue weighted by atomic mass is 16.3. The molecule has 0 atom stereocenters. The number of fused-ring (bicyclic) bond motifs is 1. The molecule has 0 spiro atoms. The average molecular weight is 392 g/mol. The van der Waals surface area contributed by atoms with Gasteiger partial charge in [0.25, 0.3) is 5.62 Å². The van der Waals surface area contributed by atoms with Crippen molar-refractivity contribution in [3.63, 3.8) is 0 Å². The molecule has 0 amide bonds. The van der Waals surface area contributed by atoms with E-state index in [0.29, 0.717) is 29.0 Å². The topological polar surface area (TPSA) is 162 Å². The lowest BCUT2D eigenvalue weighted by Gasteiger charge is -2.04. The third-order valence-electron chi connectivity index (χ3n) is 4.30. The van der Waals surface area contributed by atoms with Crippen LogP contribution in [0.1, 0.15) is 24.2 Å². The molecule has 29 heavy (non-hydrogen) atoms. The summed E-state index contributed by atoms with van der Waals surface area (Å²) in [4.78, 5) is 38.0. The monoisotopic (exact) mass is 392 g/mol. The van der Waals surface area contributed by atoms with Crippen molar-refractivity contribution in [3.05, 3.63) is 57.5 Å². The number of rotatable bonds is 5. The van der Waals surface area contributed by atoms with Gasteiger partial charge in [0.2, 0.25) is 11.8 Å². The number of nitrogens with one attached hydrogen (secondary N) is 3. The van der Waals surface area contributed by atoms with E-state index in [0.717, 1.165) is 18.5 Å². The molecule has 1 aliphatic rings. The van der Waals surface area contributed by atoms with Crippen molar-refractivity contribution in [2.45, 2.75) is 25.4 Å². The van der Waals surface area contributed by atoms with Gasteiger partial charge in [-0.2, -0.15) is 19.6 Å².